The summed E-state index contributed by atoms with van der Waals surface area (Å²) in [5.41, 5.74) is -0.826. The highest BCUT2D eigenvalue weighted by Crippen LogP contribution is 2.36. The van der Waals surface area contributed by atoms with E-state index < -0.39 is 11.7 Å². The molecule has 2 aromatic rings. The molecular weight excluding hydrogens is 357 g/mol. The molecule has 10 heteroatoms. The second kappa shape index (κ2) is 7.77. The Bertz CT molecular complexity index is 745. The first-order chi connectivity index (χ1) is 11.8. The molecule has 0 aliphatic heterocycles. The number of ether oxygens (including phenoxy) is 1. The third-order valence-electron chi connectivity index (χ3n) is 3.35. The van der Waals surface area contributed by atoms with Crippen molar-refractivity contribution in [2.24, 2.45) is 0 Å². The summed E-state index contributed by atoms with van der Waals surface area (Å²) in [7, 11) is 1.29. The highest BCUT2D eigenvalue weighted by Gasteiger charge is 2.31. The summed E-state index contributed by atoms with van der Waals surface area (Å²) >= 11 is 0.919. The zero-order chi connectivity index (χ0) is 18.6. The summed E-state index contributed by atoms with van der Waals surface area (Å²) in [6.45, 7) is 4.71. The quantitative estimate of drug-likeness (QED) is 0.797. The number of nitrogens with zero attached hydrogens (tertiary/aromatic N) is 4. The first-order valence-electron chi connectivity index (χ1n) is 7.43. The number of carbonyl (C=O) groups excluding carboxylic acids is 1. The van der Waals surface area contributed by atoms with Crippen LogP contribution in [0.25, 0.3) is 0 Å². The van der Waals surface area contributed by atoms with Gasteiger partial charge < -0.3 is 9.64 Å². The molecule has 0 saturated carbocycles. The lowest BCUT2D eigenvalue weighted by molar-refractivity contribution is -0.137. The number of methoxy groups -OCH3 is 1. The normalized spacial score (nSPS) is 11.4. The van der Waals surface area contributed by atoms with E-state index in [-0.39, 0.29) is 21.8 Å². The maximum absolute atomic E-state index is 12.9. The summed E-state index contributed by atoms with van der Waals surface area (Å²) in [6.07, 6.45) is -3.25. The molecule has 0 radical (unpaired) electrons. The van der Waals surface area contributed by atoms with Crippen LogP contribution in [0.5, 0.6) is 5.75 Å². The summed E-state index contributed by atoms with van der Waals surface area (Å²) < 4.78 is 44.8. The Balaban J connectivity index is 2.24. The van der Waals surface area contributed by atoms with E-state index in [4.69, 9.17) is 4.74 Å². The molecule has 0 unspecified atom stereocenters. The Morgan fingerprint density at radius 3 is 2.52 bits per heavy atom. The molecule has 1 amide bonds. The fraction of sp³-hybridized carbons (Fsp3) is 0.400. The minimum absolute atomic E-state index is 0.0796. The first-order valence-corrected chi connectivity index (χ1v) is 8.25. The second-order valence-electron chi connectivity index (χ2n) is 4.92. The van der Waals surface area contributed by atoms with Crippen LogP contribution in [0.3, 0.4) is 0 Å². The molecule has 0 atom stereocenters. The van der Waals surface area contributed by atoms with Crippen LogP contribution in [-0.2, 0) is 6.18 Å². The predicted octanol–water partition coefficient (Wildman–Crippen LogP) is 3.77. The van der Waals surface area contributed by atoms with Gasteiger partial charge in [0.1, 0.15) is 12.1 Å². The topological polar surface area (TPSA) is 60.2 Å². The first kappa shape index (κ1) is 19.1. The van der Waals surface area contributed by atoms with Gasteiger partial charge in [0.25, 0.3) is 0 Å². The summed E-state index contributed by atoms with van der Waals surface area (Å²) in [5, 5.41) is 4.19. The average molecular weight is 374 g/mol. The lowest BCUT2D eigenvalue weighted by Gasteiger charge is -2.17. The molecule has 1 aromatic carbocycles. The number of alkyl halides is 3. The highest BCUT2D eigenvalue weighted by molar-refractivity contribution is 7.99. The number of amides is 1. The van der Waals surface area contributed by atoms with Gasteiger partial charge in [0.15, 0.2) is 0 Å². The van der Waals surface area contributed by atoms with Crippen LogP contribution >= 0.6 is 11.8 Å². The molecular formula is C15H17F3N4O2S. The Morgan fingerprint density at radius 2 is 1.96 bits per heavy atom. The van der Waals surface area contributed by atoms with Crippen molar-refractivity contribution in [2.75, 3.05) is 20.2 Å². The maximum atomic E-state index is 12.9. The fourth-order valence-corrected chi connectivity index (χ4v) is 2.84. The van der Waals surface area contributed by atoms with Gasteiger partial charge in [0, 0.05) is 18.0 Å². The van der Waals surface area contributed by atoms with Crippen molar-refractivity contribution >= 4 is 17.8 Å². The van der Waals surface area contributed by atoms with E-state index in [0.717, 1.165) is 28.6 Å². The standard InChI is InChI=1S/C15H17F3N4O2S/c1-4-21(5-2)14(23)22-9-19-13(20-22)25-12-7-10(15(16,17)18)6-11(8-12)24-3/h6-9H,4-5H2,1-3H3. The molecule has 1 aromatic heterocycles. The van der Waals surface area contributed by atoms with Crippen LogP contribution in [0.15, 0.2) is 34.6 Å². The summed E-state index contributed by atoms with van der Waals surface area (Å²) in [4.78, 5) is 18.0. The van der Waals surface area contributed by atoms with Gasteiger partial charge in [-0.15, -0.1) is 5.10 Å². The van der Waals surface area contributed by atoms with E-state index in [9.17, 15) is 18.0 Å². The highest BCUT2D eigenvalue weighted by atomic mass is 32.2. The molecule has 25 heavy (non-hydrogen) atoms. The largest absolute Gasteiger partial charge is 0.497 e. The van der Waals surface area contributed by atoms with Crippen molar-refractivity contribution in [3.63, 3.8) is 0 Å². The van der Waals surface area contributed by atoms with Gasteiger partial charge in [-0.05, 0) is 43.8 Å². The van der Waals surface area contributed by atoms with Gasteiger partial charge in [-0.1, -0.05) is 0 Å². The smallest absolute Gasteiger partial charge is 0.416 e. The zero-order valence-electron chi connectivity index (χ0n) is 13.9. The Morgan fingerprint density at radius 1 is 1.28 bits per heavy atom. The summed E-state index contributed by atoms with van der Waals surface area (Å²) in [6, 6.07) is 3.01. The molecule has 6 nitrogen and oxygen atoms in total. The van der Waals surface area contributed by atoms with E-state index in [2.05, 4.69) is 10.1 Å². The van der Waals surface area contributed by atoms with Gasteiger partial charge in [-0.25, -0.2) is 9.78 Å². The average Bonchev–Trinajstić information content (AvgIpc) is 3.03. The number of hydrogen-bond acceptors (Lipinski definition) is 5. The molecule has 2 rings (SSSR count). The fourth-order valence-electron chi connectivity index (χ4n) is 2.04. The lowest BCUT2D eigenvalue weighted by Crippen LogP contribution is -2.34. The van der Waals surface area contributed by atoms with Crippen LogP contribution in [0.4, 0.5) is 18.0 Å². The van der Waals surface area contributed by atoms with E-state index in [1.54, 1.807) is 4.90 Å². The third-order valence-corrected chi connectivity index (χ3v) is 4.19. The van der Waals surface area contributed by atoms with Crippen LogP contribution < -0.4 is 4.74 Å². The van der Waals surface area contributed by atoms with Gasteiger partial charge in [0.2, 0.25) is 5.16 Å². The van der Waals surface area contributed by atoms with Crippen LogP contribution in [-0.4, -0.2) is 45.9 Å². The van der Waals surface area contributed by atoms with E-state index in [1.807, 2.05) is 13.8 Å². The number of halogens is 3. The molecule has 1 heterocycles. The Hall–Kier alpha value is -2.23. The lowest BCUT2D eigenvalue weighted by atomic mass is 10.2. The van der Waals surface area contributed by atoms with Crippen LogP contribution in [0.1, 0.15) is 19.4 Å². The van der Waals surface area contributed by atoms with E-state index >= 15 is 0 Å². The number of rotatable bonds is 5. The molecule has 0 N–H and O–H groups in total. The van der Waals surface area contributed by atoms with Crippen molar-refractivity contribution in [3.05, 3.63) is 30.1 Å². The number of benzene rings is 1. The maximum Gasteiger partial charge on any atom is 0.416 e. The SMILES string of the molecule is CCN(CC)C(=O)n1cnc(Sc2cc(OC)cc(C(F)(F)F)c2)n1. The van der Waals surface area contributed by atoms with Gasteiger partial charge in [-0.3, -0.25) is 0 Å². The van der Waals surface area contributed by atoms with Crippen LogP contribution in [0.2, 0.25) is 0 Å². The van der Waals surface area contributed by atoms with Gasteiger partial charge >= 0.3 is 12.2 Å². The minimum Gasteiger partial charge on any atom is -0.497 e. The molecule has 0 bridgehead atoms. The monoisotopic (exact) mass is 374 g/mol. The Kier molecular flexibility index (Phi) is 5.93. The van der Waals surface area contributed by atoms with Crippen molar-refractivity contribution in [3.8, 4) is 5.75 Å². The van der Waals surface area contributed by atoms with E-state index in [1.165, 1.54) is 19.5 Å². The molecule has 0 spiro atoms. The van der Waals surface area contributed by atoms with E-state index in [0.29, 0.717) is 13.1 Å². The molecule has 136 valence electrons. The molecule has 0 fully saturated rings. The summed E-state index contributed by atoms with van der Waals surface area (Å²) in [5.74, 6) is 0.0796. The molecule has 0 saturated heterocycles. The molecule has 0 aliphatic rings. The van der Waals surface area contributed by atoms with Crippen LogP contribution in [0, 0.1) is 0 Å². The number of carbonyl (C=O) groups is 1. The number of aromatic nitrogens is 3. The predicted molar refractivity (Wildman–Crippen MR) is 85.9 cm³/mol. The number of hydrogen-bond donors (Lipinski definition) is 0. The molecule has 0 aliphatic carbocycles. The zero-order valence-corrected chi connectivity index (χ0v) is 14.7. The third kappa shape index (κ3) is 4.65. The van der Waals surface area contributed by atoms with Gasteiger partial charge in [-0.2, -0.15) is 17.9 Å². The minimum atomic E-state index is -4.49. The van der Waals surface area contributed by atoms with Crippen molar-refractivity contribution in [1.29, 1.82) is 0 Å². The van der Waals surface area contributed by atoms with Gasteiger partial charge in [0.05, 0.1) is 12.7 Å². The van der Waals surface area contributed by atoms with Crippen molar-refractivity contribution < 1.29 is 22.7 Å². The second-order valence-corrected chi connectivity index (χ2v) is 5.96. The Labute approximate surface area is 147 Å². The van der Waals surface area contributed by atoms with Crippen molar-refractivity contribution in [1.82, 2.24) is 19.7 Å². The van der Waals surface area contributed by atoms with Crippen molar-refractivity contribution in [2.45, 2.75) is 30.1 Å².